The third-order valence-corrected chi connectivity index (χ3v) is 5.22. The Balaban J connectivity index is 1.45. The number of rotatable bonds is 8. The molecule has 0 unspecified atom stereocenters. The number of nitrogens with zero attached hydrogens (tertiary/aromatic N) is 7. The molecule has 11 heteroatoms. The summed E-state index contributed by atoms with van der Waals surface area (Å²) < 4.78 is 15.8. The molecular formula is C20H21ClFN7O2. The molecule has 3 heterocycles. The summed E-state index contributed by atoms with van der Waals surface area (Å²) in [4.78, 5) is 31.3. The monoisotopic (exact) mass is 445 g/mol. The molecule has 162 valence electrons. The van der Waals surface area contributed by atoms with Gasteiger partial charge in [0.2, 0.25) is 0 Å². The van der Waals surface area contributed by atoms with Gasteiger partial charge in [-0.3, -0.25) is 13.9 Å². The van der Waals surface area contributed by atoms with Crippen molar-refractivity contribution in [1.82, 2.24) is 29.3 Å². The maximum Gasteiger partial charge on any atom is 0.332 e. The maximum atomic E-state index is 13.0. The van der Waals surface area contributed by atoms with E-state index >= 15 is 0 Å². The van der Waals surface area contributed by atoms with Crippen LogP contribution in [0, 0.1) is 5.82 Å². The predicted molar refractivity (Wildman–Crippen MR) is 114 cm³/mol. The second-order valence-electron chi connectivity index (χ2n) is 7.32. The largest absolute Gasteiger partial charge is 0.332 e. The summed E-state index contributed by atoms with van der Waals surface area (Å²) in [6.07, 6.45) is 1.89. The fourth-order valence-corrected chi connectivity index (χ4v) is 3.76. The van der Waals surface area contributed by atoms with Crippen molar-refractivity contribution in [2.45, 2.75) is 52.2 Å². The van der Waals surface area contributed by atoms with Crippen LogP contribution in [0.1, 0.15) is 36.7 Å². The number of aryl methyl sites for hydroxylation is 1. The minimum Gasteiger partial charge on any atom is -0.278 e. The standard InChI is InChI=1S/C20H21ClFN7O2/c1-2-8-27-18-15(12-16(21)23-18)19(30)28(20(27)31)9-3-10-29-25-17(24-26-29)11-13-4-6-14(22)7-5-13/h4-7H,2-3,8-12H2,1H3. The molecule has 0 saturated heterocycles. The van der Waals surface area contributed by atoms with Crippen LogP contribution in [0.3, 0.4) is 0 Å². The number of tetrazole rings is 1. The van der Waals surface area contributed by atoms with Crippen molar-refractivity contribution < 1.29 is 4.39 Å². The van der Waals surface area contributed by atoms with Gasteiger partial charge in [0.05, 0.1) is 12.1 Å². The smallest absolute Gasteiger partial charge is 0.278 e. The van der Waals surface area contributed by atoms with Gasteiger partial charge >= 0.3 is 5.69 Å². The fourth-order valence-electron chi connectivity index (χ4n) is 3.55. The van der Waals surface area contributed by atoms with Gasteiger partial charge in [0, 0.05) is 25.9 Å². The molecular weight excluding hydrogens is 425 g/mol. The molecule has 0 bridgehead atoms. The summed E-state index contributed by atoms with van der Waals surface area (Å²) in [5.41, 5.74) is 0.598. The predicted octanol–water partition coefficient (Wildman–Crippen LogP) is 2.05. The van der Waals surface area contributed by atoms with Crippen molar-refractivity contribution in [3.05, 3.63) is 67.9 Å². The van der Waals surface area contributed by atoms with Crippen molar-refractivity contribution in [2.75, 3.05) is 0 Å². The van der Waals surface area contributed by atoms with Crippen LogP contribution in [0.2, 0.25) is 0 Å². The third kappa shape index (κ3) is 4.48. The first-order chi connectivity index (χ1) is 15.0. The molecule has 0 spiro atoms. The molecule has 31 heavy (non-hydrogen) atoms. The van der Waals surface area contributed by atoms with Crippen LogP contribution >= 0.6 is 11.6 Å². The van der Waals surface area contributed by atoms with E-state index in [2.05, 4.69) is 20.4 Å². The average Bonchev–Trinajstić information content (AvgIpc) is 3.36. The highest BCUT2D eigenvalue weighted by Crippen LogP contribution is 2.23. The summed E-state index contributed by atoms with van der Waals surface area (Å²) in [6.45, 7) is 3.03. The number of hydrogen-bond acceptors (Lipinski definition) is 6. The van der Waals surface area contributed by atoms with Crippen molar-refractivity contribution in [3.63, 3.8) is 0 Å². The SMILES string of the molecule is CCCn1c2c(c(=O)n(CCCn3nnc(Cc4ccc(F)cc4)n3)c1=O)CC(Cl)=N2. The molecule has 4 rings (SSSR count). The van der Waals surface area contributed by atoms with E-state index in [1.165, 1.54) is 26.1 Å². The molecule has 0 aliphatic carbocycles. The summed E-state index contributed by atoms with van der Waals surface area (Å²) in [6, 6.07) is 6.12. The number of halogens is 2. The first kappa shape index (κ1) is 21.1. The zero-order chi connectivity index (χ0) is 22.0. The second-order valence-corrected chi connectivity index (χ2v) is 7.75. The van der Waals surface area contributed by atoms with Gasteiger partial charge < -0.3 is 0 Å². The number of aliphatic imine (C=N–C) groups is 1. The van der Waals surface area contributed by atoms with Gasteiger partial charge in [-0.1, -0.05) is 30.7 Å². The molecule has 3 aromatic rings. The quantitative estimate of drug-likeness (QED) is 0.528. The van der Waals surface area contributed by atoms with E-state index in [-0.39, 0.29) is 30.0 Å². The van der Waals surface area contributed by atoms with Crippen molar-refractivity contribution in [3.8, 4) is 0 Å². The summed E-state index contributed by atoms with van der Waals surface area (Å²) in [7, 11) is 0. The Kier molecular flexibility index (Phi) is 6.08. The third-order valence-electron chi connectivity index (χ3n) is 5.00. The van der Waals surface area contributed by atoms with Gasteiger partial charge in [0.25, 0.3) is 5.56 Å². The number of benzene rings is 1. The lowest BCUT2D eigenvalue weighted by Gasteiger charge is -2.13. The Morgan fingerprint density at radius 3 is 2.61 bits per heavy atom. The molecule has 0 amide bonds. The lowest BCUT2D eigenvalue weighted by molar-refractivity contribution is 0.449. The number of fused-ring (bicyclic) bond motifs is 1. The molecule has 1 aliphatic rings. The molecule has 1 aliphatic heterocycles. The van der Waals surface area contributed by atoms with Crippen LogP contribution in [0.25, 0.3) is 0 Å². The number of aromatic nitrogens is 6. The minimum absolute atomic E-state index is 0.223. The van der Waals surface area contributed by atoms with Gasteiger partial charge in [-0.2, -0.15) is 4.80 Å². The van der Waals surface area contributed by atoms with E-state index in [4.69, 9.17) is 11.6 Å². The van der Waals surface area contributed by atoms with Gasteiger partial charge in [-0.15, -0.1) is 10.2 Å². The van der Waals surface area contributed by atoms with Gasteiger partial charge in [-0.05, 0) is 35.8 Å². The molecule has 9 nitrogen and oxygen atoms in total. The van der Waals surface area contributed by atoms with E-state index < -0.39 is 0 Å². The van der Waals surface area contributed by atoms with Crippen LogP contribution in [-0.2, 0) is 32.5 Å². The van der Waals surface area contributed by atoms with Crippen molar-refractivity contribution in [1.29, 1.82) is 0 Å². The van der Waals surface area contributed by atoms with Crippen LogP contribution < -0.4 is 11.2 Å². The molecule has 0 radical (unpaired) electrons. The van der Waals surface area contributed by atoms with Crippen molar-refractivity contribution in [2.24, 2.45) is 4.99 Å². The Morgan fingerprint density at radius 1 is 1.10 bits per heavy atom. The second kappa shape index (κ2) is 8.93. The Hall–Kier alpha value is -3.14. The summed E-state index contributed by atoms with van der Waals surface area (Å²) in [5, 5.41) is 12.7. The number of hydrogen-bond donors (Lipinski definition) is 0. The molecule has 0 fully saturated rings. The minimum atomic E-state index is -0.385. The van der Waals surface area contributed by atoms with Crippen LogP contribution in [0.15, 0.2) is 38.8 Å². The van der Waals surface area contributed by atoms with Crippen molar-refractivity contribution >= 4 is 22.6 Å². The highest BCUT2D eigenvalue weighted by Gasteiger charge is 2.24. The first-order valence-corrected chi connectivity index (χ1v) is 10.4. The Labute approximate surface area is 181 Å². The molecule has 0 N–H and O–H groups in total. The van der Waals surface area contributed by atoms with Crippen LogP contribution in [0.5, 0.6) is 0 Å². The normalized spacial score (nSPS) is 12.8. The lowest BCUT2D eigenvalue weighted by Crippen LogP contribution is -2.41. The van der Waals surface area contributed by atoms with E-state index in [9.17, 15) is 14.0 Å². The van der Waals surface area contributed by atoms with Gasteiger partial charge in [-0.25, -0.2) is 14.2 Å². The highest BCUT2D eigenvalue weighted by atomic mass is 35.5. The molecule has 0 atom stereocenters. The van der Waals surface area contributed by atoms with Gasteiger partial charge in [0.15, 0.2) is 5.82 Å². The summed E-state index contributed by atoms with van der Waals surface area (Å²) >= 11 is 6.02. The highest BCUT2D eigenvalue weighted by molar-refractivity contribution is 6.66. The van der Waals surface area contributed by atoms with Gasteiger partial charge in [0.1, 0.15) is 16.8 Å². The van der Waals surface area contributed by atoms with Crippen LogP contribution in [0.4, 0.5) is 10.2 Å². The Morgan fingerprint density at radius 2 is 1.87 bits per heavy atom. The molecule has 0 saturated carbocycles. The lowest BCUT2D eigenvalue weighted by atomic mass is 10.1. The Bertz CT molecular complexity index is 1240. The van der Waals surface area contributed by atoms with Crippen LogP contribution in [-0.4, -0.2) is 34.5 Å². The summed E-state index contributed by atoms with van der Waals surface area (Å²) in [5.74, 6) is 0.592. The molecule has 2 aromatic heterocycles. The van der Waals surface area contributed by atoms with E-state index in [0.29, 0.717) is 48.3 Å². The van der Waals surface area contributed by atoms with E-state index in [1.807, 2.05) is 6.92 Å². The van der Waals surface area contributed by atoms with E-state index in [0.717, 1.165) is 12.0 Å². The first-order valence-electron chi connectivity index (χ1n) is 10.1. The molecule has 1 aromatic carbocycles. The fraction of sp³-hybridized carbons (Fsp3) is 0.400. The zero-order valence-corrected chi connectivity index (χ0v) is 17.7. The topological polar surface area (TPSA) is 100.0 Å². The average molecular weight is 446 g/mol. The maximum absolute atomic E-state index is 13.0. The van der Waals surface area contributed by atoms with E-state index in [1.54, 1.807) is 12.1 Å². The zero-order valence-electron chi connectivity index (χ0n) is 17.0.